The molecule has 0 saturated heterocycles. The van der Waals surface area contributed by atoms with E-state index >= 15 is 0 Å². The van der Waals surface area contributed by atoms with Crippen LogP contribution in [0.25, 0.3) is 0 Å². The van der Waals surface area contributed by atoms with E-state index in [1.54, 1.807) is 12.1 Å². The Bertz CT molecular complexity index is 506. The lowest BCUT2D eigenvalue weighted by Gasteiger charge is -2.29. The lowest BCUT2D eigenvalue weighted by molar-refractivity contribution is 0.398. The fourth-order valence-electron chi connectivity index (χ4n) is 2.57. The molecular weight excluding hydrogens is 246 g/mol. The van der Waals surface area contributed by atoms with Crippen LogP contribution in [0.3, 0.4) is 0 Å². The van der Waals surface area contributed by atoms with Crippen LogP contribution in [0.15, 0.2) is 29.2 Å². The number of nitrogens with one attached hydrogen (secondary N) is 1. The Morgan fingerprint density at radius 3 is 2.61 bits per heavy atom. The van der Waals surface area contributed by atoms with Crippen molar-refractivity contribution < 1.29 is 8.42 Å². The van der Waals surface area contributed by atoms with E-state index in [1.807, 2.05) is 12.1 Å². The van der Waals surface area contributed by atoms with E-state index in [0.29, 0.717) is 17.4 Å². The molecule has 3 nitrogen and oxygen atoms in total. The van der Waals surface area contributed by atoms with Crippen LogP contribution < -0.4 is 5.32 Å². The van der Waals surface area contributed by atoms with Crippen molar-refractivity contribution in [3.8, 4) is 0 Å². The lowest BCUT2D eigenvalue weighted by Crippen LogP contribution is -2.36. The fourth-order valence-corrected chi connectivity index (χ4v) is 4.19. The van der Waals surface area contributed by atoms with Gasteiger partial charge in [-0.2, -0.15) is 0 Å². The molecule has 0 saturated carbocycles. The molecule has 18 heavy (non-hydrogen) atoms. The fraction of sp³-hybridized carbons (Fsp3) is 0.571. The third kappa shape index (κ3) is 2.59. The number of fused-ring (bicyclic) bond motifs is 1. The zero-order chi connectivity index (χ0) is 13.2. The zero-order valence-electron chi connectivity index (χ0n) is 11.0. The molecule has 2 rings (SSSR count). The van der Waals surface area contributed by atoms with Crippen molar-refractivity contribution in [1.82, 2.24) is 5.32 Å². The van der Waals surface area contributed by atoms with E-state index in [9.17, 15) is 8.42 Å². The summed E-state index contributed by atoms with van der Waals surface area (Å²) in [6, 6.07) is 8.02. The van der Waals surface area contributed by atoms with Crippen LogP contribution in [0.5, 0.6) is 0 Å². The molecule has 1 aromatic rings. The Labute approximate surface area is 110 Å². The minimum atomic E-state index is -3.06. The van der Waals surface area contributed by atoms with Crippen molar-refractivity contribution in [2.75, 3.05) is 5.75 Å². The van der Waals surface area contributed by atoms with Gasteiger partial charge < -0.3 is 5.32 Å². The Balaban J connectivity index is 2.31. The van der Waals surface area contributed by atoms with Crippen LogP contribution in [0.1, 0.15) is 44.7 Å². The topological polar surface area (TPSA) is 46.2 Å². The van der Waals surface area contributed by atoms with Crippen molar-refractivity contribution in [3.05, 3.63) is 29.8 Å². The molecule has 1 heterocycles. The van der Waals surface area contributed by atoms with Crippen molar-refractivity contribution >= 4 is 9.84 Å². The first kappa shape index (κ1) is 13.6. The van der Waals surface area contributed by atoms with Gasteiger partial charge in [0.1, 0.15) is 0 Å². The summed E-state index contributed by atoms with van der Waals surface area (Å²) in [7, 11) is -3.06. The third-order valence-corrected chi connectivity index (χ3v) is 5.54. The van der Waals surface area contributed by atoms with Gasteiger partial charge in [-0.25, -0.2) is 8.42 Å². The quantitative estimate of drug-likeness (QED) is 0.912. The maximum absolute atomic E-state index is 12.0. The second-order valence-corrected chi connectivity index (χ2v) is 6.96. The van der Waals surface area contributed by atoms with Crippen LogP contribution in [-0.2, 0) is 9.84 Å². The highest BCUT2D eigenvalue weighted by molar-refractivity contribution is 7.91. The smallest absolute Gasteiger partial charge is 0.178 e. The molecule has 1 unspecified atom stereocenters. The van der Waals surface area contributed by atoms with Crippen LogP contribution in [0.2, 0.25) is 0 Å². The number of hydrogen-bond acceptors (Lipinski definition) is 3. The number of rotatable bonds is 4. The Morgan fingerprint density at radius 2 is 1.94 bits per heavy atom. The number of hydrogen-bond donors (Lipinski definition) is 1. The van der Waals surface area contributed by atoms with Gasteiger partial charge in [-0.05, 0) is 30.9 Å². The van der Waals surface area contributed by atoms with Gasteiger partial charge in [0, 0.05) is 12.1 Å². The molecule has 4 heteroatoms. The molecule has 1 aliphatic rings. The van der Waals surface area contributed by atoms with Crippen LogP contribution >= 0.6 is 0 Å². The van der Waals surface area contributed by atoms with Crippen LogP contribution in [0, 0.1) is 0 Å². The second-order valence-electron chi connectivity index (χ2n) is 4.88. The molecule has 0 amide bonds. The first-order valence-electron chi connectivity index (χ1n) is 6.66. The van der Waals surface area contributed by atoms with Gasteiger partial charge in [-0.1, -0.05) is 32.0 Å². The van der Waals surface area contributed by atoms with Crippen molar-refractivity contribution in [2.24, 2.45) is 0 Å². The standard InChI is InChI=1S/C14H21NO2S/c1-3-11(4-2)15-13-9-10-18(16,17)14-8-6-5-7-12(13)14/h5-8,11,13,15H,3-4,9-10H2,1-2H3. The van der Waals surface area contributed by atoms with Gasteiger partial charge in [-0.15, -0.1) is 0 Å². The van der Waals surface area contributed by atoms with E-state index in [4.69, 9.17) is 0 Å². The largest absolute Gasteiger partial charge is 0.307 e. The first-order chi connectivity index (χ1) is 8.58. The maximum Gasteiger partial charge on any atom is 0.178 e. The summed E-state index contributed by atoms with van der Waals surface area (Å²) in [4.78, 5) is 0.514. The molecule has 1 N–H and O–H groups in total. The molecule has 0 radical (unpaired) electrons. The normalized spacial score (nSPS) is 21.8. The third-order valence-electron chi connectivity index (χ3n) is 3.73. The summed E-state index contributed by atoms with van der Waals surface area (Å²) in [5.41, 5.74) is 0.940. The molecule has 0 bridgehead atoms. The van der Waals surface area contributed by atoms with Gasteiger partial charge in [0.25, 0.3) is 0 Å². The summed E-state index contributed by atoms with van der Waals surface area (Å²) >= 11 is 0. The van der Waals surface area contributed by atoms with Gasteiger partial charge in [0.15, 0.2) is 9.84 Å². The first-order valence-corrected chi connectivity index (χ1v) is 8.31. The molecule has 0 spiro atoms. The van der Waals surface area contributed by atoms with Crippen molar-refractivity contribution in [1.29, 1.82) is 0 Å². The maximum atomic E-state index is 12.0. The highest BCUT2D eigenvalue weighted by atomic mass is 32.2. The molecule has 1 aliphatic heterocycles. The van der Waals surface area contributed by atoms with Crippen LogP contribution in [-0.4, -0.2) is 20.2 Å². The summed E-state index contributed by atoms with van der Waals surface area (Å²) in [6.07, 6.45) is 2.82. The Hall–Kier alpha value is -0.870. The second kappa shape index (κ2) is 5.41. The minimum Gasteiger partial charge on any atom is -0.307 e. The summed E-state index contributed by atoms with van der Waals surface area (Å²) in [5.74, 6) is 0.252. The summed E-state index contributed by atoms with van der Waals surface area (Å²) in [5, 5.41) is 3.58. The number of benzene rings is 1. The highest BCUT2D eigenvalue weighted by Crippen LogP contribution is 2.32. The summed E-state index contributed by atoms with van der Waals surface area (Å²) < 4.78 is 24.0. The molecular formula is C14H21NO2S. The minimum absolute atomic E-state index is 0.176. The highest BCUT2D eigenvalue weighted by Gasteiger charge is 2.30. The molecule has 0 fully saturated rings. The van der Waals surface area contributed by atoms with E-state index in [0.717, 1.165) is 18.4 Å². The molecule has 100 valence electrons. The SMILES string of the molecule is CCC(CC)NC1CCS(=O)(=O)c2ccccc21. The molecule has 1 aromatic carbocycles. The van der Waals surface area contributed by atoms with E-state index < -0.39 is 9.84 Å². The van der Waals surface area contributed by atoms with E-state index in [1.165, 1.54) is 0 Å². The number of sulfone groups is 1. The molecule has 0 aliphatic carbocycles. The zero-order valence-corrected chi connectivity index (χ0v) is 11.8. The molecule has 0 aromatic heterocycles. The van der Waals surface area contributed by atoms with Crippen molar-refractivity contribution in [3.63, 3.8) is 0 Å². The van der Waals surface area contributed by atoms with Crippen molar-refractivity contribution in [2.45, 2.75) is 50.1 Å². The molecule has 1 atom stereocenters. The van der Waals surface area contributed by atoms with E-state index in [2.05, 4.69) is 19.2 Å². The Morgan fingerprint density at radius 1 is 1.28 bits per heavy atom. The van der Waals surface area contributed by atoms with Gasteiger partial charge in [-0.3, -0.25) is 0 Å². The van der Waals surface area contributed by atoms with Gasteiger partial charge in [0.2, 0.25) is 0 Å². The summed E-state index contributed by atoms with van der Waals surface area (Å²) in [6.45, 7) is 4.32. The van der Waals surface area contributed by atoms with Crippen LogP contribution in [0.4, 0.5) is 0 Å². The van der Waals surface area contributed by atoms with Gasteiger partial charge in [0.05, 0.1) is 10.6 Å². The lowest BCUT2D eigenvalue weighted by atomic mass is 10.0. The predicted molar refractivity (Wildman–Crippen MR) is 73.4 cm³/mol. The predicted octanol–water partition coefficient (Wildman–Crippen LogP) is 2.68. The Kier molecular flexibility index (Phi) is 4.07. The average molecular weight is 267 g/mol. The van der Waals surface area contributed by atoms with E-state index in [-0.39, 0.29) is 11.8 Å². The van der Waals surface area contributed by atoms with Gasteiger partial charge >= 0.3 is 0 Å². The monoisotopic (exact) mass is 267 g/mol. The average Bonchev–Trinajstić information content (AvgIpc) is 2.38.